The number of benzene rings is 2. The van der Waals surface area contributed by atoms with E-state index in [0.29, 0.717) is 50.0 Å². The minimum absolute atomic E-state index is 0.108. The number of fused-ring (bicyclic) bond motifs is 1. The van der Waals surface area contributed by atoms with Gasteiger partial charge in [0.15, 0.2) is 6.29 Å². The van der Waals surface area contributed by atoms with Crippen LogP contribution < -0.4 is 20.9 Å². The molecule has 0 spiro atoms. The van der Waals surface area contributed by atoms with E-state index in [1.54, 1.807) is 39.5 Å². The van der Waals surface area contributed by atoms with Crippen molar-refractivity contribution in [2.24, 2.45) is 11.8 Å². The molecule has 4 atom stereocenters. The number of rotatable bonds is 16. The minimum atomic E-state index is -0.866. The molecular weight excluding hydrogens is 695 g/mol. The van der Waals surface area contributed by atoms with E-state index in [1.807, 2.05) is 42.5 Å². The molecule has 1 saturated carbocycles. The van der Waals surface area contributed by atoms with Gasteiger partial charge in [-0.1, -0.05) is 44.2 Å². The first kappa shape index (κ1) is 40.3. The summed E-state index contributed by atoms with van der Waals surface area (Å²) in [5.41, 5.74) is 5.30. The van der Waals surface area contributed by atoms with Crippen LogP contribution in [0.3, 0.4) is 0 Å². The Hall–Kier alpha value is -3.84. The number of carbonyl (C=O) groups is 3. The minimum Gasteiger partial charge on any atom is -0.461 e. The standard InChI is InChI=1S/C41H55N3O8S/c1-26(2)25-48-27(3)52-44-38(45)36-22-31-14-11-29(21-35(31)53-36)24-42-23-28-12-17-33(18-13-28)49-34-19-15-30(16-20-34)37(43-40(47)51-41(4,5)6)39(46)50-32-9-7-8-10-32/h11-15,17-21,26-27,30,32,36-37,42H,7-10,16,22-25H2,1-6H3,(H,43,47)(H,44,45)/t27?,30?,36?,37-/m0/s1. The van der Waals surface area contributed by atoms with E-state index in [-0.39, 0.29) is 23.2 Å². The second-order valence-electron chi connectivity index (χ2n) is 15.3. The van der Waals surface area contributed by atoms with Gasteiger partial charge in [-0.3, -0.25) is 4.79 Å². The molecule has 12 heteroatoms. The summed E-state index contributed by atoms with van der Waals surface area (Å²) < 4.78 is 22.9. The molecule has 3 unspecified atom stereocenters. The molecule has 1 aliphatic heterocycles. The maximum Gasteiger partial charge on any atom is 0.408 e. The summed E-state index contributed by atoms with van der Waals surface area (Å²) in [7, 11) is 0. The fraction of sp³-hybridized carbons (Fsp3) is 0.537. The Morgan fingerprint density at radius 2 is 1.68 bits per heavy atom. The smallest absolute Gasteiger partial charge is 0.408 e. The van der Waals surface area contributed by atoms with Crippen LogP contribution in [0.15, 0.2) is 71.3 Å². The van der Waals surface area contributed by atoms with Gasteiger partial charge in [0.1, 0.15) is 29.3 Å². The molecule has 2 aliphatic carbocycles. The predicted octanol–water partition coefficient (Wildman–Crippen LogP) is 7.28. The number of allylic oxidation sites excluding steroid dienone is 2. The number of carbonyl (C=O) groups excluding carboxylic acids is 3. The molecule has 2 amide bonds. The molecule has 1 fully saturated rings. The molecule has 3 N–H and O–H groups in total. The molecule has 11 nitrogen and oxygen atoms in total. The summed E-state index contributed by atoms with van der Waals surface area (Å²) in [6, 6.07) is 13.4. The lowest BCUT2D eigenvalue weighted by Crippen LogP contribution is -2.48. The summed E-state index contributed by atoms with van der Waals surface area (Å²) >= 11 is 1.56. The fourth-order valence-corrected chi connectivity index (χ4v) is 7.47. The first-order valence-electron chi connectivity index (χ1n) is 18.7. The highest BCUT2D eigenvalue weighted by Gasteiger charge is 2.34. The Morgan fingerprint density at radius 3 is 2.36 bits per heavy atom. The topological polar surface area (TPSA) is 133 Å². The van der Waals surface area contributed by atoms with Crippen molar-refractivity contribution in [1.82, 2.24) is 16.1 Å². The average molecular weight is 750 g/mol. The van der Waals surface area contributed by atoms with Crippen LogP contribution in [0.4, 0.5) is 4.79 Å². The second kappa shape index (κ2) is 19.0. The van der Waals surface area contributed by atoms with Crippen LogP contribution in [0.1, 0.15) is 90.3 Å². The molecule has 0 saturated heterocycles. The summed E-state index contributed by atoms with van der Waals surface area (Å²) in [6.45, 7) is 13.2. The third kappa shape index (κ3) is 12.9. The van der Waals surface area contributed by atoms with E-state index in [4.69, 9.17) is 23.8 Å². The Bertz CT molecular complexity index is 1610. The van der Waals surface area contributed by atoms with Crippen molar-refractivity contribution in [3.63, 3.8) is 0 Å². The van der Waals surface area contributed by atoms with Gasteiger partial charge >= 0.3 is 12.1 Å². The lowest BCUT2D eigenvalue weighted by molar-refractivity contribution is -0.182. The zero-order valence-electron chi connectivity index (χ0n) is 31.8. The number of alkyl carbamates (subject to hydrolysis) is 1. The molecule has 0 bridgehead atoms. The zero-order valence-corrected chi connectivity index (χ0v) is 32.6. The average Bonchev–Trinajstić information content (AvgIpc) is 3.79. The molecule has 0 radical (unpaired) electrons. The van der Waals surface area contributed by atoms with Gasteiger partial charge in [-0.05, 0) is 119 Å². The van der Waals surface area contributed by atoms with Crippen molar-refractivity contribution >= 4 is 29.7 Å². The highest BCUT2D eigenvalue weighted by atomic mass is 32.2. The molecule has 2 aromatic carbocycles. The Morgan fingerprint density at radius 1 is 0.962 bits per heavy atom. The van der Waals surface area contributed by atoms with Crippen molar-refractivity contribution in [3.05, 3.63) is 83.1 Å². The van der Waals surface area contributed by atoms with Crippen LogP contribution in [0, 0.1) is 11.8 Å². The van der Waals surface area contributed by atoms with Crippen molar-refractivity contribution in [3.8, 4) is 5.75 Å². The Balaban J connectivity index is 1.06. The summed E-state index contributed by atoms with van der Waals surface area (Å²) in [6.07, 6.45) is 9.31. The van der Waals surface area contributed by atoms with Crippen LogP contribution in [0.5, 0.6) is 5.75 Å². The fourth-order valence-electron chi connectivity index (χ4n) is 6.22. The molecule has 53 heavy (non-hydrogen) atoms. The first-order chi connectivity index (χ1) is 25.3. The zero-order chi connectivity index (χ0) is 38.0. The highest BCUT2D eigenvalue weighted by molar-refractivity contribution is 8.01. The second-order valence-corrected chi connectivity index (χ2v) is 16.6. The van der Waals surface area contributed by atoms with Crippen LogP contribution in [0.25, 0.3) is 0 Å². The SMILES string of the molecule is CC(C)COC(C)ONC(=O)C1Cc2ccc(CNCc3ccc(OC4=CCC([C@H](NC(=O)OC(C)(C)C)C(=O)OC5CCCC5)C=C4)cc3)cc2S1. The van der Waals surface area contributed by atoms with E-state index in [2.05, 4.69) is 48.2 Å². The summed E-state index contributed by atoms with van der Waals surface area (Å²) in [5, 5.41) is 6.02. The summed E-state index contributed by atoms with van der Waals surface area (Å²) in [5.74, 6) is 0.858. The summed E-state index contributed by atoms with van der Waals surface area (Å²) in [4.78, 5) is 45.1. The van der Waals surface area contributed by atoms with Gasteiger partial charge in [-0.25, -0.2) is 19.9 Å². The van der Waals surface area contributed by atoms with Gasteiger partial charge in [0.05, 0.1) is 11.9 Å². The van der Waals surface area contributed by atoms with Gasteiger partial charge in [0, 0.05) is 23.9 Å². The van der Waals surface area contributed by atoms with Crippen LogP contribution in [-0.4, -0.2) is 53.9 Å². The number of esters is 1. The highest BCUT2D eigenvalue weighted by Crippen LogP contribution is 2.38. The molecular formula is C41H55N3O8S. The van der Waals surface area contributed by atoms with Crippen molar-refractivity contribution in [2.75, 3.05) is 6.61 Å². The first-order valence-corrected chi connectivity index (χ1v) is 19.6. The van der Waals surface area contributed by atoms with Gasteiger partial charge in [0.2, 0.25) is 0 Å². The third-order valence-corrected chi connectivity index (χ3v) is 10.2. The van der Waals surface area contributed by atoms with Crippen LogP contribution >= 0.6 is 11.8 Å². The third-order valence-electron chi connectivity index (χ3n) is 8.94. The molecule has 288 valence electrons. The van der Waals surface area contributed by atoms with E-state index in [0.717, 1.165) is 47.3 Å². The number of thioether (sulfide) groups is 1. The normalized spacial score (nSPS) is 19.6. The monoisotopic (exact) mass is 749 g/mol. The van der Waals surface area contributed by atoms with Crippen molar-refractivity contribution in [1.29, 1.82) is 0 Å². The Kier molecular flexibility index (Phi) is 14.4. The van der Waals surface area contributed by atoms with Crippen LogP contribution in [0.2, 0.25) is 0 Å². The van der Waals surface area contributed by atoms with Crippen molar-refractivity contribution < 1.29 is 38.2 Å². The molecule has 5 rings (SSSR count). The lowest BCUT2D eigenvalue weighted by Gasteiger charge is -2.28. The van der Waals surface area contributed by atoms with E-state index in [9.17, 15) is 14.4 Å². The molecule has 1 heterocycles. The Labute approximate surface area is 317 Å². The molecule has 2 aromatic rings. The van der Waals surface area contributed by atoms with Gasteiger partial charge < -0.3 is 29.6 Å². The quantitative estimate of drug-likeness (QED) is 0.0914. The number of ether oxygens (including phenoxy) is 4. The van der Waals surface area contributed by atoms with Gasteiger partial charge in [-0.15, -0.1) is 11.8 Å². The maximum absolute atomic E-state index is 13.2. The van der Waals surface area contributed by atoms with Gasteiger partial charge in [0.25, 0.3) is 5.91 Å². The number of hydroxylamine groups is 1. The lowest BCUT2D eigenvalue weighted by atomic mass is 9.92. The van der Waals surface area contributed by atoms with E-state index < -0.39 is 30.0 Å². The molecule has 3 aliphatic rings. The number of nitrogens with one attached hydrogen (secondary N) is 3. The number of hydrogen-bond donors (Lipinski definition) is 3. The van der Waals surface area contributed by atoms with E-state index in [1.165, 1.54) is 0 Å². The van der Waals surface area contributed by atoms with Crippen LogP contribution in [-0.2, 0) is 48.1 Å². The van der Waals surface area contributed by atoms with E-state index >= 15 is 0 Å². The van der Waals surface area contributed by atoms with Gasteiger partial charge in [-0.2, -0.15) is 0 Å². The maximum atomic E-state index is 13.2. The molecule has 0 aromatic heterocycles. The predicted molar refractivity (Wildman–Crippen MR) is 204 cm³/mol. The van der Waals surface area contributed by atoms with Crippen molar-refractivity contribution in [2.45, 2.75) is 127 Å². The number of hydrogen-bond acceptors (Lipinski definition) is 10. The largest absolute Gasteiger partial charge is 0.461 e. The number of amides is 2.